The van der Waals surface area contributed by atoms with Crippen LogP contribution in [0, 0.1) is 0 Å². The van der Waals surface area contributed by atoms with Crippen molar-refractivity contribution in [3.8, 4) is 17.2 Å². The molecule has 2 rings (SSSR count). The Labute approximate surface area is 129 Å². The molecule has 0 N–H and O–H groups in total. The van der Waals surface area contributed by atoms with Crippen LogP contribution in [0.25, 0.3) is 11.0 Å². The lowest BCUT2D eigenvalue weighted by Crippen LogP contribution is -2.15. The van der Waals surface area contributed by atoms with E-state index in [2.05, 4.69) is 0 Å². The molecule has 0 atom stereocenters. The van der Waals surface area contributed by atoms with Gasteiger partial charge in [-0.15, -0.1) is 0 Å². The van der Waals surface area contributed by atoms with Gasteiger partial charge in [0.15, 0.2) is 5.75 Å². The lowest BCUT2D eigenvalue weighted by molar-refractivity contribution is -0.134. The fraction of sp³-hybridized carbons (Fsp3) is 0.200. The Morgan fingerprint density at radius 3 is 2.00 bits per heavy atom. The van der Waals surface area contributed by atoms with Crippen molar-refractivity contribution in [3.05, 3.63) is 28.6 Å². The highest BCUT2D eigenvalue weighted by Gasteiger charge is 2.21. The Hall–Kier alpha value is -3.16. The van der Waals surface area contributed by atoms with Crippen LogP contribution in [0.4, 0.5) is 0 Å². The summed E-state index contributed by atoms with van der Waals surface area (Å²) in [5, 5.41) is 0.201. The minimum Gasteiger partial charge on any atom is -0.427 e. The van der Waals surface area contributed by atoms with Gasteiger partial charge in [-0.2, -0.15) is 0 Å². The predicted molar refractivity (Wildman–Crippen MR) is 76.4 cm³/mol. The Balaban J connectivity index is 2.70. The van der Waals surface area contributed by atoms with E-state index in [-0.39, 0.29) is 22.5 Å². The zero-order valence-corrected chi connectivity index (χ0v) is 12.5. The van der Waals surface area contributed by atoms with Gasteiger partial charge in [-0.25, -0.2) is 4.79 Å². The van der Waals surface area contributed by atoms with Crippen molar-refractivity contribution in [2.24, 2.45) is 0 Å². The van der Waals surface area contributed by atoms with Gasteiger partial charge >= 0.3 is 23.5 Å². The van der Waals surface area contributed by atoms with Crippen molar-refractivity contribution in [2.75, 3.05) is 0 Å². The van der Waals surface area contributed by atoms with E-state index >= 15 is 0 Å². The second kappa shape index (κ2) is 6.30. The number of ether oxygens (including phenoxy) is 3. The molecule has 8 nitrogen and oxygen atoms in total. The van der Waals surface area contributed by atoms with Crippen molar-refractivity contribution >= 4 is 28.9 Å². The van der Waals surface area contributed by atoms with Crippen molar-refractivity contribution in [1.82, 2.24) is 0 Å². The normalized spacial score (nSPS) is 10.2. The summed E-state index contributed by atoms with van der Waals surface area (Å²) in [7, 11) is 0. The first-order chi connectivity index (χ1) is 10.8. The maximum atomic E-state index is 12.0. The summed E-state index contributed by atoms with van der Waals surface area (Å²) in [4.78, 5) is 45.3. The van der Waals surface area contributed by atoms with E-state index in [9.17, 15) is 19.2 Å². The summed E-state index contributed by atoms with van der Waals surface area (Å²) in [6.45, 7) is 3.44. The average molecular weight is 320 g/mol. The van der Waals surface area contributed by atoms with E-state index in [1.54, 1.807) is 0 Å². The molecule has 0 saturated carbocycles. The molecule has 0 bridgehead atoms. The summed E-state index contributed by atoms with van der Waals surface area (Å²) in [6, 6.07) is 4.10. The Morgan fingerprint density at radius 2 is 1.43 bits per heavy atom. The topological polar surface area (TPSA) is 109 Å². The van der Waals surface area contributed by atoms with Crippen LogP contribution in [0.15, 0.2) is 27.4 Å². The molecule has 0 amide bonds. The van der Waals surface area contributed by atoms with Gasteiger partial charge in [-0.1, -0.05) is 0 Å². The van der Waals surface area contributed by atoms with E-state index in [4.69, 9.17) is 18.6 Å². The molecule has 0 aliphatic rings. The first kappa shape index (κ1) is 16.2. The second-order valence-electron chi connectivity index (χ2n) is 4.49. The molecule has 120 valence electrons. The van der Waals surface area contributed by atoms with Crippen LogP contribution in [0.3, 0.4) is 0 Å². The first-order valence-electron chi connectivity index (χ1n) is 6.44. The molecule has 0 aliphatic heterocycles. The van der Waals surface area contributed by atoms with Crippen LogP contribution in [0.1, 0.15) is 20.8 Å². The molecular formula is C15H12O8. The third-order valence-corrected chi connectivity index (χ3v) is 2.55. The standard InChI is InChI=1S/C15H12O8/c1-7(16)20-10-4-5-11-12(6-10)23-15(19)14(22-9(3)18)13(11)21-8(2)17/h4-6H,1-3H3. The van der Waals surface area contributed by atoms with E-state index in [1.807, 2.05) is 0 Å². The van der Waals surface area contributed by atoms with Gasteiger partial charge in [0, 0.05) is 26.8 Å². The maximum absolute atomic E-state index is 12.0. The molecule has 1 aromatic heterocycles. The number of benzene rings is 1. The highest BCUT2D eigenvalue weighted by atomic mass is 16.6. The van der Waals surface area contributed by atoms with Crippen LogP contribution in [0.5, 0.6) is 17.2 Å². The molecule has 0 unspecified atom stereocenters. The maximum Gasteiger partial charge on any atom is 0.383 e. The van der Waals surface area contributed by atoms with Crippen molar-refractivity contribution < 1.29 is 33.0 Å². The first-order valence-corrected chi connectivity index (χ1v) is 6.44. The molecule has 0 radical (unpaired) electrons. The van der Waals surface area contributed by atoms with Crippen LogP contribution in [0.2, 0.25) is 0 Å². The third kappa shape index (κ3) is 3.73. The van der Waals surface area contributed by atoms with Gasteiger partial charge < -0.3 is 18.6 Å². The number of rotatable bonds is 3. The van der Waals surface area contributed by atoms with Gasteiger partial charge in [-0.05, 0) is 12.1 Å². The van der Waals surface area contributed by atoms with Gasteiger partial charge in [-0.3, -0.25) is 14.4 Å². The highest BCUT2D eigenvalue weighted by Crippen LogP contribution is 2.34. The average Bonchev–Trinajstić information content (AvgIpc) is 2.41. The minimum atomic E-state index is -1.01. The number of esters is 3. The minimum absolute atomic E-state index is 0.000835. The molecule has 23 heavy (non-hydrogen) atoms. The quantitative estimate of drug-likeness (QED) is 0.476. The van der Waals surface area contributed by atoms with Crippen LogP contribution in [-0.4, -0.2) is 17.9 Å². The molecular weight excluding hydrogens is 308 g/mol. The number of carbonyl (C=O) groups excluding carboxylic acids is 3. The monoisotopic (exact) mass is 320 g/mol. The lowest BCUT2D eigenvalue weighted by atomic mass is 10.2. The fourth-order valence-electron chi connectivity index (χ4n) is 1.84. The van der Waals surface area contributed by atoms with Gasteiger partial charge in [0.05, 0.1) is 5.39 Å². The number of hydrogen-bond donors (Lipinski definition) is 0. The Morgan fingerprint density at radius 1 is 0.870 bits per heavy atom. The Kier molecular flexibility index (Phi) is 4.44. The number of carbonyl (C=O) groups is 3. The Bertz CT molecular complexity index is 862. The summed E-state index contributed by atoms with van der Waals surface area (Å²) in [5.41, 5.74) is -1.01. The van der Waals surface area contributed by atoms with Gasteiger partial charge in [0.2, 0.25) is 0 Å². The largest absolute Gasteiger partial charge is 0.427 e. The van der Waals surface area contributed by atoms with Crippen LogP contribution >= 0.6 is 0 Å². The molecule has 2 aromatic rings. The van der Waals surface area contributed by atoms with Gasteiger partial charge in [0.25, 0.3) is 5.75 Å². The molecule has 0 fully saturated rings. The lowest BCUT2D eigenvalue weighted by Gasteiger charge is -2.10. The SMILES string of the molecule is CC(=O)Oc1ccc2c(OC(C)=O)c(OC(C)=O)c(=O)oc2c1. The van der Waals surface area contributed by atoms with E-state index in [1.165, 1.54) is 25.1 Å². The molecule has 1 aromatic carbocycles. The molecule has 0 spiro atoms. The number of fused-ring (bicyclic) bond motifs is 1. The molecule has 0 saturated heterocycles. The van der Waals surface area contributed by atoms with Crippen molar-refractivity contribution in [1.29, 1.82) is 0 Å². The van der Waals surface area contributed by atoms with E-state index < -0.39 is 29.3 Å². The van der Waals surface area contributed by atoms with E-state index in [0.29, 0.717) is 0 Å². The van der Waals surface area contributed by atoms with Crippen LogP contribution < -0.4 is 19.8 Å². The predicted octanol–water partition coefficient (Wildman–Crippen LogP) is 1.57. The number of hydrogen-bond acceptors (Lipinski definition) is 8. The van der Waals surface area contributed by atoms with Crippen LogP contribution in [-0.2, 0) is 14.4 Å². The third-order valence-electron chi connectivity index (χ3n) is 2.55. The van der Waals surface area contributed by atoms with Crippen molar-refractivity contribution in [3.63, 3.8) is 0 Å². The molecule has 0 aliphatic carbocycles. The second-order valence-corrected chi connectivity index (χ2v) is 4.49. The zero-order chi connectivity index (χ0) is 17.1. The summed E-state index contributed by atoms with van der Waals surface area (Å²) < 4.78 is 19.7. The smallest absolute Gasteiger partial charge is 0.383 e. The summed E-state index contributed by atoms with van der Waals surface area (Å²) in [6.07, 6.45) is 0. The molecule has 1 heterocycles. The summed E-state index contributed by atoms with van der Waals surface area (Å²) in [5.74, 6) is -2.67. The fourth-order valence-corrected chi connectivity index (χ4v) is 1.84. The highest BCUT2D eigenvalue weighted by molar-refractivity contribution is 5.90. The van der Waals surface area contributed by atoms with Gasteiger partial charge in [0.1, 0.15) is 11.3 Å². The van der Waals surface area contributed by atoms with Crippen molar-refractivity contribution in [2.45, 2.75) is 20.8 Å². The summed E-state index contributed by atoms with van der Waals surface area (Å²) >= 11 is 0. The molecule has 8 heteroatoms. The van der Waals surface area contributed by atoms with E-state index in [0.717, 1.165) is 13.8 Å². The zero-order valence-electron chi connectivity index (χ0n) is 12.5.